The van der Waals surface area contributed by atoms with Crippen molar-refractivity contribution < 1.29 is 17.9 Å². The van der Waals surface area contributed by atoms with Gasteiger partial charge in [-0.1, -0.05) is 13.8 Å². The fraction of sp³-hybridized carbons (Fsp3) is 0.571. The molecule has 0 radical (unpaired) electrons. The maximum atomic E-state index is 12.0. The summed E-state index contributed by atoms with van der Waals surface area (Å²) in [5.74, 6) is 0.638. The Kier molecular flexibility index (Phi) is 6.94. The summed E-state index contributed by atoms with van der Waals surface area (Å²) in [6.45, 7) is 4.31. The molecule has 0 aromatic heterocycles. The van der Waals surface area contributed by atoms with Gasteiger partial charge in [0.1, 0.15) is 12.4 Å². The lowest BCUT2D eigenvalue weighted by Gasteiger charge is -2.21. The summed E-state index contributed by atoms with van der Waals surface area (Å²) < 4.78 is 37.1. The molecule has 3 N–H and O–H groups in total. The number of hydrogen-bond donors (Lipinski definition) is 2. The second-order valence-electron chi connectivity index (χ2n) is 5.16. The Balaban J connectivity index is 2.46. The average molecular weight is 316 g/mol. The van der Waals surface area contributed by atoms with E-state index in [4.69, 9.17) is 15.2 Å². The molecule has 0 aliphatic carbocycles. The van der Waals surface area contributed by atoms with Crippen molar-refractivity contribution in [2.75, 3.05) is 31.8 Å². The van der Waals surface area contributed by atoms with Crippen LogP contribution in [0, 0.1) is 5.92 Å². The summed E-state index contributed by atoms with van der Waals surface area (Å²) in [6.07, 6.45) is 0. The molecule has 0 saturated heterocycles. The molecule has 1 unspecified atom stereocenters. The monoisotopic (exact) mass is 316 g/mol. The van der Waals surface area contributed by atoms with Crippen molar-refractivity contribution in [3.63, 3.8) is 0 Å². The summed E-state index contributed by atoms with van der Waals surface area (Å²) in [6, 6.07) is 6.58. The van der Waals surface area contributed by atoms with E-state index in [0.29, 0.717) is 18.0 Å². The van der Waals surface area contributed by atoms with Crippen LogP contribution >= 0.6 is 0 Å². The Labute approximate surface area is 126 Å². The highest BCUT2D eigenvalue weighted by molar-refractivity contribution is 7.89. The van der Waals surface area contributed by atoms with Crippen molar-refractivity contribution in [1.82, 2.24) is 4.72 Å². The Bertz CT molecular complexity index is 514. The third-order valence-corrected chi connectivity index (χ3v) is 4.35. The highest BCUT2D eigenvalue weighted by Gasteiger charge is 2.20. The van der Waals surface area contributed by atoms with Gasteiger partial charge in [0.15, 0.2) is 0 Å². The van der Waals surface area contributed by atoms with Crippen LogP contribution in [0.15, 0.2) is 24.3 Å². The SMILES string of the molecule is COCC(NS(=O)(=O)CCOc1ccc(N)cc1)C(C)C. The predicted molar refractivity (Wildman–Crippen MR) is 83.8 cm³/mol. The van der Waals surface area contributed by atoms with Crippen LogP contribution in [0.25, 0.3) is 0 Å². The van der Waals surface area contributed by atoms with E-state index in [-0.39, 0.29) is 24.3 Å². The highest BCUT2D eigenvalue weighted by Crippen LogP contribution is 2.13. The van der Waals surface area contributed by atoms with Crippen LogP contribution in [0.2, 0.25) is 0 Å². The van der Waals surface area contributed by atoms with Gasteiger partial charge < -0.3 is 15.2 Å². The third kappa shape index (κ3) is 6.79. The first kappa shape index (κ1) is 17.7. The molecule has 120 valence electrons. The van der Waals surface area contributed by atoms with Gasteiger partial charge in [0.2, 0.25) is 10.0 Å². The van der Waals surface area contributed by atoms with Crippen LogP contribution < -0.4 is 15.2 Å². The van der Waals surface area contributed by atoms with Crippen LogP contribution in [-0.4, -0.2) is 40.5 Å². The van der Waals surface area contributed by atoms with E-state index in [9.17, 15) is 8.42 Å². The van der Waals surface area contributed by atoms with E-state index >= 15 is 0 Å². The molecular formula is C14H24N2O4S. The fourth-order valence-corrected chi connectivity index (χ4v) is 2.89. The minimum absolute atomic E-state index is 0.0804. The van der Waals surface area contributed by atoms with E-state index in [1.807, 2.05) is 13.8 Å². The molecule has 1 aromatic rings. The normalized spacial score (nSPS) is 13.3. The number of sulfonamides is 1. The smallest absolute Gasteiger partial charge is 0.215 e. The Hall–Kier alpha value is -1.31. The van der Waals surface area contributed by atoms with Gasteiger partial charge in [0.25, 0.3) is 0 Å². The Morgan fingerprint density at radius 3 is 2.38 bits per heavy atom. The van der Waals surface area contributed by atoms with Crippen molar-refractivity contribution in [3.8, 4) is 5.75 Å². The summed E-state index contributed by atoms with van der Waals surface area (Å²) in [7, 11) is -1.86. The van der Waals surface area contributed by atoms with Crippen molar-refractivity contribution >= 4 is 15.7 Å². The first-order chi connectivity index (χ1) is 9.84. The number of benzene rings is 1. The maximum Gasteiger partial charge on any atom is 0.215 e. The van der Waals surface area contributed by atoms with Crippen molar-refractivity contribution in [2.45, 2.75) is 19.9 Å². The topological polar surface area (TPSA) is 90.6 Å². The predicted octanol–water partition coefficient (Wildman–Crippen LogP) is 1.24. The van der Waals surface area contributed by atoms with Gasteiger partial charge in [-0.05, 0) is 30.2 Å². The lowest BCUT2D eigenvalue weighted by molar-refractivity contribution is 0.157. The first-order valence-corrected chi connectivity index (χ1v) is 8.46. The number of nitrogens with one attached hydrogen (secondary N) is 1. The molecule has 0 fully saturated rings. The summed E-state index contributed by atoms with van der Waals surface area (Å²) in [4.78, 5) is 0. The zero-order chi connectivity index (χ0) is 15.9. The largest absolute Gasteiger partial charge is 0.492 e. The van der Waals surface area contributed by atoms with Gasteiger partial charge in [-0.15, -0.1) is 0 Å². The summed E-state index contributed by atoms with van der Waals surface area (Å²) >= 11 is 0. The minimum atomic E-state index is -3.41. The van der Waals surface area contributed by atoms with Crippen LogP contribution in [0.1, 0.15) is 13.8 Å². The lowest BCUT2D eigenvalue weighted by atomic mass is 10.1. The zero-order valence-corrected chi connectivity index (χ0v) is 13.5. The quantitative estimate of drug-likeness (QED) is 0.669. The van der Waals surface area contributed by atoms with Crippen molar-refractivity contribution in [1.29, 1.82) is 0 Å². The molecule has 0 saturated carbocycles. The number of hydrogen-bond acceptors (Lipinski definition) is 5. The molecule has 7 heteroatoms. The van der Waals surface area contributed by atoms with Crippen molar-refractivity contribution in [2.24, 2.45) is 5.92 Å². The summed E-state index contributed by atoms with van der Waals surface area (Å²) in [5, 5.41) is 0. The fourth-order valence-electron chi connectivity index (χ4n) is 1.66. The first-order valence-electron chi connectivity index (χ1n) is 6.81. The number of rotatable bonds is 9. The average Bonchev–Trinajstić information content (AvgIpc) is 2.40. The number of anilines is 1. The van der Waals surface area contributed by atoms with Gasteiger partial charge in [0, 0.05) is 18.8 Å². The molecule has 0 aliphatic rings. The summed E-state index contributed by atoms with van der Waals surface area (Å²) in [5.41, 5.74) is 6.20. The lowest BCUT2D eigenvalue weighted by Crippen LogP contribution is -2.43. The second kappa shape index (κ2) is 8.21. The van der Waals surface area contributed by atoms with E-state index in [0.717, 1.165) is 0 Å². The number of ether oxygens (including phenoxy) is 2. The molecule has 0 spiro atoms. The molecule has 1 aromatic carbocycles. The third-order valence-electron chi connectivity index (χ3n) is 2.98. The molecule has 21 heavy (non-hydrogen) atoms. The van der Waals surface area contributed by atoms with Gasteiger partial charge >= 0.3 is 0 Å². The van der Waals surface area contributed by atoms with Gasteiger partial charge in [0.05, 0.1) is 12.4 Å². The zero-order valence-electron chi connectivity index (χ0n) is 12.7. The molecule has 0 aliphatic heterocycles. The van der Waals surface area contributed by atoms with Crippen LogP contribution in [0.5, 0.6) is 5.75 Å². The van der Waals surface area contributed by atoms with Crippen LogP contribution in [0.3, 0.4) is 0 Å². The second-order valence-corrected chi connectivity index (χ2v) is 7.03. The maximum absolute atomic E-state index is 12.0. The molecule has 0 bridgehead atoms. The van der Waals surface area contributed by atoms with Gasteiger partial charge in [-0.25, -0.2) is 13.1 Å². The molecule has 0 amide bonds. The van der Waals surface area contributed by atoms with Gasteiger partial charge in [-0.2, -0.15) is 0 Å². The highest BCUT2D eigenvalue weighted by atomic mass is 32.2. The Morgan fingerprint density at radius 1 is 1.24 bits per heavy atom. The number of methoxy groups -OCH3 is 1. The van der Waals surface area contributed by atoms with E-state index in [2.05, 4.69) is 4.72 Å². The standard InChI is InChI=1S/C14H24N2O4S/c1-11(2)14(10-19-3)16-21(17,18)9-8-20-13-6-4-12(15)5-7-13/h4-7,11,14,16H,8-10,15H2,1-3H3. The Morgan fingerprint density at radius 2 is 1.86 bits per heavy atom. The minimum Gasteiger partial charge on any atom is -0.492 e. The number of nitrogens with two attached hydrogens (primary N) is 1. The van der Waals surface area contributed by atoms with Crippen LogP contribution in [0.4, 0.5) is 5.69 Å². The van der Waals surface area contributed by atoms with Gasteiger partial charge in [-0.3, -0.25) is 0 Å². The number of nitrogen functional groups attached to an aromatic ring is 1. The molecule has 1 rings (SSSR count). The van der Waals surface area contributed by atoms with E-state index in [1.54, 1.807) is 31.4 Å². The van der Waals surface area contributed by atoms with Crippen molar-refractivity contribution in [3.05, 3.63) is 24.3 Å². The van der Waals surface area contributed by atoms with E-state index < -0.39 is 10.0 Å². The molecule has 6 nitrogen and oxygen atoms in total. The molecular weight excluding hydrogens is 292 g/mol. The molecule has 0 heterocycles. The molecule has 1 atom stereocenters. The van der Waals surface area contributed by atoms with E-state index in [1.165, 1.54) is 0 Å². The van der Waals surface area contributed by atoms with Crippen LogP contribution in [-0.2, 0) is 14.8 Å².